The van der Waals surface area contributed by atoms with Crippen LogP contribution >= 0.6 is 11.6 Å². The van der Waals surface area contributed by atoms with Crippen molar-refractivity contribution in [2.45, 2.75) is 13.8 Å². The predicted octanol–water partition coefficient (Wildman–Crippen LogP) is 4.61. The molecule has 1 heterocycles. The number of aryl methyl sites for hydroxylation is 2. The van der Waals surface area contributed by atoms with Crippen LogP contribution in [0.25, 0.3) is 0 Å². The Morgan fingerprint density at radius 1 is 1.11 bits per heavy atom. The van der Waals surface area contributed by atoms with Crippen LogP contribution in [0, 0.1) is 25.2 Å². The van der Waals surface area contributed by atoms with Crippen LogP contribution in [0.3, 0.4) is 0 Å². The fraction of sp³-hybridized carbons (Fsp3) is 0.100. The van der Waals surface area contributed by atoms with E-state index in [2.05, 4.69) is 26.7 Å². The molecule has 134 valence electrons. The normalized spacial score (nSPS) is 10.1. The van der Waals surface area contributed by atoms with Gasteiger partial charge in [0.2, 0.25) is 0 Å². The van der Waals surface area contributed by atoms with Crippen molar-refractivity contribution in [2.24, 2.45) is 0 Å². The maximum absolute atomic E-state index is 12.4. The number of rotatable bonds is 4. The van der Waals surface area contributed by atoms with Gasteiger partial charge >= 0.3 is 0 Å². The zero-order chi connectivity index (χ0) is 19.4. The average Bonchev–Trinajstić information content (AvgIpc) is 2.65. The van der Waals surface area contributed by atoms with Gasteiger partial charge < -0.3 is 10.6 Å². The first-order valence-corrected chi connectivity index (χ1v) is 8.51. The summed E-state index contributed by atoms with van der Waals surface area (Å²) in [6, 6.07) is 12.7. The molecule has 0 spiro atoms. The first-order valence-electron chi connectivity index (χ1n) is 8.13. The molecule has 0 aliphatic carbocycles. The van der Waals surface area contributed by atoms with Crippen LogP contribution in [0.15, 0.2) is 48.8 Å². The summed E-state index contributed by atoms with van der Waals surface area (Å²) in [5.74, 6) is 0.0992. The molecule has 0 unspecified atom stereocenters. The van der Waals surface area contributed by atoms with Crippen LogP contribution in [0.4, 0.5) is 17.2 Å². The molecular formula is C20H16ClN5O. The number of hydrogen-bond donors (Lipinski definition) is 2. The van der Waals surface area contributed by atoms with Crippen molar-refractivity contribution in [3.63, 3.8) is 0 Å². The molecule has 7 heteroatoms. The number of amides is 1. The minimum absolute atomic E-state index is 0.177. The average molecular weight is 378 g/mol. The zero-order valence-electron chi connectivity index (χ0n) is 14.7. The number of nitrogens with one attached hydrogen (secondary N) is 2. The summed E-state index contributed by atoms with van der Waals surface area (Å²) < 4.78 is 0. The molecule has 0 radical (unpaired) electrons. The van der Waals surface area contributed by atoms with Crippen molar-refractivity contribution >= 4 is 34.7 Å². The lowest BCUT2D eigenvalue weighted by Crippen LogP contribution is -2.15. The quantitative estimate of drug-likeness (QED) is 0.692. The molecule has 0 fully saturated rings. The number of carbonyl (C=O) groups excluding carboxylic acids is 1. The first-order chi connectivity index (χ1) is 13.0. The van der Waals surface area contributed by atoms with Gasteiger partial charge in [-0.1, -0.05) is 17.7 Å². The fourth-order valence-corrected chi connectivity index (χ4v) is 2.91. The third kappa shape index (κ3) is 4.40. The molecule has 1 aromatic heterocycles. The van der Waals surface area contributed by atoms with E-state index in [1.807, 2.05) is 19.9 Å². The molecular weight excluding hydrogens is 362 g/mol. The lowest BCUT2D eigenvalue weighted by Gasteiger charge is -2.11. The van der Waals surface area contributed by atoms with Crippen molar-refractivity contribution in [1.29, 1.82) is 5.26 Å². The summed E-state index contributed by atoms with van der Waals surface area (Å²) in [5, 5.41) is 15.1. The van der Waals surface area contributed by atoms with Gasteiger partial charge in [0.05, 0.1) is 34.7 Å². The van der Waals surface area contributed by atoms with Crippen LogP contribution in [0.1, 0.15) is 27.2 Å². The van der Waals surface area contributed by atoms with E-state index in [1.54, 1.807) is 30.3 Å². The van der Waals surface area contributed by atoms with E-state index in [0.717, 1.165) is 16.8 Å². The molecule has 2 aromatic carbocycles. The second-order valence-electron chi connectivity index (χ2n) is 5.99. The van der Waals surface area contributed by atoms with Crippen molar-refractivity contribution in [2.75, 3.05) is 10.6 Å². The van der Waals surface area contributed by atoms with Gasteiger partial charge in [-0.15, -0.1) is 0 Å². The highest BCUT2D eigenvalue weighted by atomic mass is 35.5. The fourth-order valence-electron chi connectivity index (χ4n) is 2.54. The third-order valence-electron chi connectivity index (χ3n) is 3.84. The van der Waals surface area contributed by atoms with E-state index in [-0.39, 0.29) is 11.6 Å². The number of hydrogen-bond acceptors (Lipinski definition) is 5. The van der Waals surface area contributed by atoms with Gasteiger partial charge in [0, 0.05) is 5.69 Å². The van der Waals surface area contributed by atoms with Gasteiger partial charge in [0.15, 0.2) is 0 Å². The van der Waals surface area contributed by atoms with Crippen molar-refractivity contribution in [3.8, 4) is 6.07 Å². The molecule has 0 aliphatic rings. The molecule has 6 nitrogen and oxygen atoms in total. The van der Waals surface area contributed by atoms with Gasteiger partial charge in [-0.2, -0.15) is 5.26 Å². The van der Waals surface area contributed by atoms with Crippen LogP contribution in [-0.4, -0.2) is 15.9 Å². The Morgan fingerprint density at radius 2 is 1.85 bits per heavy atom. The highest BCUT2D eigenvalue weighted by molar-refractivity contribution is 6.34. The van der Waals surface area contributed by atoms with Gasteiger partial charge in [0.1, 0.15) is 11.5 Å². The van der Waals surface area contributed by atoms with Crippen molar-refractivity contribution < 1.29 is 4.79 Å². The number of benzene rings is 2. The molecule has 3 rings (SSSR count). The maximum atomic E-state index is 12.4. The minimum Gasteiger partial charge on any atom is -0.339 e. The summed E-state index contributed by atoms with van der Waals surface area (Å²) in [4.78, 5) is 20.8. The van der Waals surface area contributed by atoms with E-state index in [1.165, 1.54) is 12.4 Å². The second kappa shape index (κ2) is 7.85. The lowest BCUT2D eigenvalue weighted by molar-refractivity contribution is 0.102. The smallest absolute Gasteiger partial charge is 0.275 e. The molecule has 0 bridgehead atoms. The Morgan fingerprint density at radius 3 is 2.44 bits per heavy atom. The monoisotopic (exact) mass is 377 g/mol. The van der Waals surface area contributed by atoms with Gasteiger partial charge in [-0.05, 0) is 55.3 Å². The number of nitriles is 1. The first kappa shape index (κ1) is 18.4. The molecule has 0 saturated heterocycles. The Bertz CT molecular complexity index is 1000. The second-order valence-corrected chi connectivity index (χ2v) is 6.40. The highest BCUT2D eigenvalue weighted by Crippen LogP contribution is 2.27. The van der Waals surface area contributed by atoms with Gasteiger partial charge in [-0.25, -0.2) is 9.97 Å². The largest absolute Gasteiger partial charge is 0.339 e. The SMILES string of the molecule is Cc1cc(C)c(NC(=O)c2cnc(Nc3ccc(C#N)cc3)cn2)c(Cl)c1. The summed E-state index contributed by atoms with van der Waals surface area (Å²) in [6.07, 6.45) is 2.86. The number of anilines is 3. The van der Waals surface area contributed by atoms with Crippen LogP contribution < -0.4 is 10.6 Å². The van der Waals surface area contributed by atoms with Crippen molar-refractivity contribution in [3.05, 3.63) is 76.2 Å². The van der Waals surface area contributed by atoms with E-state index in [0.29, 0.717) is 22.1 Å². The van der Waals surface area contributed by atoms with E-state index >= 15 is 0 Å². The summed E-state index contributed by atoms with van der Waals surface area (Å²) in [7, 11) is 0. The number of aromatic nitrogens is 2. The zero-order valence-corrected chi connectivity index (χ0v) is 15.5. The lowest BCUT2D eigenvalue weighted by atomic mass is 10.1. The van der Waals surface area contributed by atoms with E-state index in [9.17, 15) is 4.79 Å². The predicted molar refractivity (Wildman–Crippen MR) is 105 cm³/mol. The van der Waals surface area contributed by atoms with Crippen LogP contribution in [0.5, 0.6) is 0 Å². The third-order valence-corrected chi connectivity index (χ3v) is 4.14. The van der Waals surface area contributed by atoms with E-state index in [4.69, 9.17) is 16.9 Å². The highest BCUT2D eigenvalue weighted by Gasteiger charge is 2.13. The molecule has 2 N–H and O–H groups in total. The summed E-state index contributed by atoms with van der Waals surface area (Å²) in [6.45, 7) is 3.82. The Kier molecular flexibility index (Phi) is 5.34. The van der Waals surface area contributed by atoms with Crippen LogP contribution in [-0.2, 0) is 0 Å². The molecule has 1 amide bonds. The molecule has 0 atom stereocenters. The number of carbonyl (C=O) groups is 1. The van der Waals surface area contributed by atoms with Crippen LogP contribution in [0.2, 0.25) is 5.02 Å². The number of halogens is 1. The number of nitrogens with zero attached hydrogens (tertiary/aromatic N) is 3. The Balaban J connectivity index is 1.71. The van der Waals surface area contributed by atoms with E-state index < -0.39 is 0 Å². The van der Waals surface area contributed by atoms with Gasteiger partial charge in [-0.3, -0.25) is 4.79 Å². The van der Waals surface area contributed by atoms with Gasteiger partial charge in [0.25, 0.3) is 5.91 Å². The molecule has 0 saturated carbocycles. The molecule has 0 aliphatic heterocycles. The Labute approximate surface area is 161 Å². The summed E-state index contributed by atoms with van der Waals surface area (Å²) in [5.41, 5.74) is 3.98. The summed E-state index contributed by atoms with van der Waals surface area (Å²) >= 11 is 6.22. The molecule has 27 heavy (non-hydrogen) atoms. The standard InChI is InChI=1S/C20H16ClN5O/c1-12-7-13(2)19(16(21)8-12)26-20(27)17-10-24-18(11-23-17)25-15-5-3-14(9-22)4-6-15/h3-8,10-11H,1-2H3,(H,24,25)(H,26,27). The maximum Gasteiger partial charge on any atom is 0.275 e. The topological polar surface area (TPSA) is 90.7 Å². The molecule has 3 aromatic rings. The Hall–Kier alpha value is -3.43. The minimum atomic E-state index is -0.388. The van der Waals surface area contributed by atoms with Crippen molar-refractivity contribution in [1.82, 2.24) is 9.97 Å².